The Hall–Kier alpha value is -2.03. The van der Waals surface area contributed by atoms with Crippen molar-refractivity contribution in [1.29, 1.82) is 0 Å². The maximum absolute atomic E-state index is 12.8. The number of nitrogens with zero attached hydrogens (tertiary/aromatic N) is 1. The average Bonchev–Trinajstić information content (AvgIpc) is 2.92. The highest BCUT2D eigenvalue weighted by Crippen LogP contribution is 2.50. The van der Waals surface area contributed by atoms with Gasteiger partial charge in [-0.1, -0.05) is 18.2 Å². The number of anilines is 1. The molecule has 3 unspecified atom stereocenters. The first-order chi connectivity index (χ1) is 9.75. The predicted octanol–water partition coefficient (Wildman–Crippen LogP) is 3.36. The van der Waals surface area contributed by atoms with Crippen molar-refractivity contribution < 1.29 is 9.21 Å². The van der Waals surface area contributed by atoms with E-state index >= 15 is 0 Å². The highest BCUT2D eigenvalue weighted by Gasteiger charge is 2.49. The minimum absolute atomic E-state index is 0.0924. The fraction of sp³-hybridized carbons (Fsp3) is 0.353. The van der Waals surface area contributed by atoms with E-state index in [2.05, 4.69) is 19.1 Å². The molecular formula is C17H17NO2. The summed E-state index contributed by atoms with van der Waals surface area (Å²) in [6.45, 7) is 2.13. The molecule has 3 nitrogen and oxygen atoms in total. The fourth-order valence-electron chi connectivity index (χ4n) is 3.36. The molecule has 2 aliphatic rings. The van der Waals surface area contributed by atoms with Gasteiger partial charge >= 0.3 is 0 Å². The van der Waals surface area contributed by atoms with Crippen molar-refractivity contribution in [2.75, 3.05) is 4.90 Å². The third-order valence-electron chi connectivity index (χ3n) is 4.46. The minimum atomic E-state index is 0.0924. The lowest BCUT2D eigenvalue weighted by molar-refractivity contribution is -0.120. The Balaban J connectivity index is 1.58. The van der Waals surface area contributed by atoms with Crippen LogP contribution in [0, 0.1) is 5.92 Å². The zero-order chi connectivity index (χ0) is 13.7. The van der Waals surface area contributed by atoms with Gasteiger partial charge in [-0.15, -0.1) is 0 Å². The van der Waals surface area contributed by atoms with Crippen molar-refractivity contribution in [2.24, 2.45) is 5.92 Å². The first-order valence-electron chi connectivity index (χ1n) is 7.20. The van der Waals surface area contributed by atoms with Gasteiger partial charge in [0.05, 0.1) is 6.26 Å². The van der Waals surface area contributed by atoms with E-state index in [1.807, 2.05) is 29.2 Å². The van der Waals surface area contributed by atoms with Crippen molar-refractivity contribution in [1.82, 2.24) is 0 Å². The molecule has 0 bridgehead atoms. The van der Waals surface area contributed by atoms with Crippen LogP contribution in [0.5, 0.6) is 0 Å². The first-order valence-corrected chi connectivity index (χ1v) is 7.20. The summed E-state index contributed by atoms with van der Waals surface area (Å²) in [4.78, 5) is 14.8. The lowest BCUT2D eigenvalue weighted by atomic mass is 10.1. The summed E-state index contributed by atoms with van der Waals surface area (Å²) in [5.41, 5.74) is 2.37. The van der Waals surface area contributed by atoms with Crippen molar-refractivity contribution in [3.63, 3.8) is 0 Å². The quantitative estimate of drug-likeness (QED) is 0.836. The van der Waals surface area contributed by atoms with Gasteiger partial charge in [0.1, 0.15) is 5.76 Å². The Labute approximate surface area is 118 Å². The van der Waals surface area contributed by atoms with E-state index in [9.17, 15) is 4.79 Å². The summed E-state index contributed by atoms with van der Waals surface area (Å²) in [5, 5.41) is 0. The largest absolute Gasteiger partial charge is 0.469 e. The Bertz CT molecular complexity index is 647. The van der Waals surface area contributed by atoms with Gasteiger partial charge in [-0.3, -0.25) is 4.79 Å². The molecule has 1 aliphatic heterocycles. The Kier molecular flexibility index (Phi) is 2.49. The number of rotatable bonds is 2. The topological polar surface area (TPSA) is 33.5 Å². The second kappa shape index (κ2) is 4.23. The van der Waals surface area contributed by atoms with Gasteiger partial charge in [0, 0.05) is 23.6 Å². The van der Waals surface area contributed by atoms with Crippen LogP contribution >= 0.6 is 0 Å². The van der Waals surface area contributed by atoms with Crippen LogP contribution in [0.1, 0.15) is 30.6 Å². The monoisotopic (exact) mass is 267 g/mol. The standard InChI is InChI=1S/C17H17NO2/c1-11-9-12-5-2-3-6-15(12)18(11)17(19)14-10-13(14)16-7-4-8-20-16/h2-8,11,13-14H,9-10H2,1H3. The lowest BCUT2D eigenvalue weighted by Crippen LogP contribution is -2.37. The molecule has 1 aromatic heterocycles. The van der Waals surface area contributed by atoms with Gasteiger partial charge in [-0.05, 0) is 43.5 Å². The number of para-hydroxylation sites is 1. The van der Waals surface area contributed by atoms with Gasteiger partial charge in [-0.25, -0.2) is 0 Å². The van der Waals surface area contributed by atoms with Crippen LogP contribution in [0.3, 0.4) is 0 Å². The normalized spacial score (nSPS) is 27.4. The number of fused-ring (bicyclic) bond motifs is 1. The maximum atomic E-state index is 12.8. The smallest absolute Gasteiger partial charge is 0.231 e. The van der Waals surface area contributed by atoms with Crippen molar-refractivity contribution in [3.8, 4) is 0 Å². The molecule has 1 aliphatic carbocycles. The molecule has 1 fully saturated rings. The molecule has 0 spiro atoms. The zero-order valence-electron chi connectivity index (χ0n) is 11.5. The third kappa shape index (κ3) is 1.69. The molecule has 2 aromatic rings. The number of furan rings is 1. The van der Waals surface area contributed by atoms with E-state index in [0.29, 0.717) is 0 Å². The Morgan fingerprint density at radius 3 is 2.90 bits per heavy atom. The molecule has 0 radical (unpaired) electrons. The first kappa shape index (κ1) is 11.8. The van der Waals surface area contributed by atoms with E-state index in [-0.39, 0.29) is 23.8 Å². The molecule has 3 atom stereocenters. The molecule has 102 valence electrons. The van der Waals surface area contributed by atoms with Crippen molar-refractivity contribution in [2.45, 2.75) is 31.7 Å². The van der Waals surface area contributed by atoms with Crippen molar-refractivity contribution in [3.05, 3.63) is 54.0 Å². The number of hydrogen-bond donors (Lipinski definition) is 0. The maximum Gasteiger partial charge on any atom is 0.231 e. The summed E-state index contributed by atoms with van der Waals surface area (Å²) in [6, 6.07) is 12.4. The molecule has 1 saturated carbocycles. The van der Waals surface area contributed by atoms with Crippen LogP contribution in [-0.2, 0) is 11.2 Å². The van der Waals surface area contributed by atoms with Gasteiger partial charge in [0.15, 0.2) is 0 Å². The molecule has 1 aromatic carbocycles. The highest BCUT2D eigenvalue weighted by atomic mass is 16.3. The van der Waals surface area contributed by atoms with Crippen molar-refractivity contribution >= 4 is 11.6 Å². The van der Waals surface area contributed by atoms with Crippen LogP contribution in [-0.4, -0.2) is 11.9 Å². The van der Waals surface area contributed by atoms with E-state index in [0.717, 1.165) is 24.3 Å². The molecule has 1 amide bonds. The molecule has 3 heteroatoms. The van der Waals surface area contributed by atoms with Crippen LogP contribution in [0.4, 0.5) is 5.69 Å². The molecule has 20 heavy (non-hydrogen) atoms. The van der Waals surface area contributed by atoms with Gasteiger partial charge in [0.2, 0.25) is 5.91 Å². The van der Waals surface area contributed by atoms with Crippen LogP contribution in [0.25, 0.3) is 0 Å². The van der Waals surface area contributed by atoms with Crippen LogP contribution in [0.15, 0.2) is 47.1 Å². The Morgan fingerprint density at radius 1 is 1.25 bits per heavy atom. The molecular weight excluding hydrogens is 250 g/mol. The van der Waals surface area contributed by atoms with E-state index in [4.69, 9.17) is 4.42 Å². The lowest BCUT2D eigenvalue weighted by Gasteiger charge is -2.22. The summed E-state index contributed by atoms with van der Waals surface area (Å²) in [7, 11) is 0. The van der Waals surface area contributed by atoms with Crippen LogP contribution in [0.2, 0.25) is 0 Å². The van der Waals surface area contributed by atoms with E-state index < -0.39 is 0 Å². The number of carbonyl (C=O) groups excluding carboxylic acids is 1. The zero-order valence-corrected chi connectivity index (χ0v) is 11.5. The van der Waals surface area contributed by atoms with E-state index in [1.165, 1.54) is 5.56 Å². The second-order valence-electron chi connectivity index (χ2n) is 5.85. The minimum Gasteiger partial charge on any atom is -0.469 e. The van der Waals surface area contributed by atoms with E-state index in [1.54, 1.807) is 6.26 Å². The molecule has 4 rings (SSSR count). The molecule has 2 heterocycles. The van der Waals surface area contributed by atoms with Gasteiger partial charge in [-0.2, -0.15) is 0 Å². The van der Waals surface area contributed by atoms with Crippen LogP contribution < -0.4 is 4.90 Å². The number of benzene rings is 1. The third-order valence-corrected chi connectivity index (χ3v) is 4.46. The predicted molar refractivity (Wildman–Crippen MR) is 76.7 cm³/mol. The average molecular weight is 267 g/mol. The number of carbonyl (C=O) groups is 1. The SMILES string of the molecule is CC1Cc2ccccc2N1C(=O)C1CC1c1ccco1. The summed E-state index contributed by atoms with van der Waals surface area (Å²) >= 11 is 0. The number of amides is 1. The summed E-state index contributed by atoms with van der Waals surface area (Å²) < 4.78 is 5.43. The molecule has 0 N–H and O–H groups in total. The summed E-state index contributed by atoms with van der Waals surface area (Å²) in [6.07, 6.45) is 3.56. The van der Waals surface area contributed by atoms with Gasteiger partial charge in [0.25, 0.3) is 0 Å². The summed E-state index contributed by atoms with van der Waals surface area (Å²) in [5.74, 6) is 1.57. The molecule has 0 saturated heterocycles. The second-order valence-corrected chi connectivity index (χ2v) is 5.85. The highest BCUT2D eigenvalue weighted by molar-refractivity contribution is 5.99. The Morgan fingerprint density at radius 2 is 2.10 bits per heavy atom. The fourth-order valence-corrected chi connectivity index (χ4v) is 3.36. The van der Waals surface area contributed by atoms with Gasteiger partial charge < -0.3 is 9.32 Å². The number of hydrogen-bond acceptors (Lipinski definition) is 2.